The van der Waals surface area contributed by atoms with Crippen LogP contribution in [0.25, 0.3) is 0 Å². The Bertz CT molecular complexity index is 772. The summed E-state index contributed by atoms with van der Waals surface area (Å²) in [7, 11) is 0. The molecule has 3 rings (SSSR count). The first-order valence-electron chi connectivity index (χ1n) is 8.59. The molecule has 1 aromatic heterocycles. The van der Waals surface area contributed by atoms with Gasteiger partial charge in [0.25, 0.3) is 5.91 Å². The summed E-state index contributed by atoms with van der Waals surface area (Å²) in [6, 6.07) is 8.35. The molecular formula is C19H22N2O4S. The molecule has 0 spiro atoms. The second kappa shape index (κ2) is 8.33. The van der Waals surface area contributed by atoms with Crippen LogP contribution in [0.4, 0.5) is 0 Å². The zero-order valence-electron chi connectivity index (χ0n) is 14.6. The summed E-state index contributed by atoms with van der Waals surface area (Å²) in [6.07, 6.45) is 1.39. The number of aryl methyl sites for hydroxylation is 1. The van der Waals surface area contributed by atoms with Crippen molar-refractivity contribution in [1.82, 2.24) is 5.32 Å². The average molecular weight is 374 g/mol. The van der Waals surface area contributed by atoms with Gasteiger partial charge < -0.3 is 20.5 Å². The molecule has 1 aliphatic rings. The van der Waals surface area contributed by atoms with Crippen molar-refractivity contribution in [2.45, 2.75) is 31.9 Å². The van der Waals surface area contributed by atoms with Crippen LogP contribution in [0.1, 0.15) is 38.9 Å². The number of hydrogen-bond donors (Lipinski definition) is 2. The number of benzene rings is 1. The van der Waals surface area contributed by atoms with Crippen molar-refractivity contribution in [3.63, 3.8) is 0 Å². The lowest BCUT2D eigenvalue weighted by Gasteiger charge is -2.32. The summed E-state index contributed by atoms with van der Waals surface area (Å²) >= 11 is 1.59. The lowest BCUT2D eigenvalue weighted by Crippen LogP contribution is -2.51. The van der Waals surface area contributed by atoms with E-state index >= 15 is 0 Å². The topological polar surface area (TPSA) is 90.7 Å². The molecule has 138 valence electrons. The zero-order chi connectivity index (χ0) is 18.5. The molecule has 0 unspecified atom stereocenters. The molecule has 2 amide bonds. The average Bonchev–Trinajstić information content (AvgIpc) is 3.13. The van der Waals surface area contributed by atoms with E-state index in [4.69, 9.17) is 15.2 Å². The number of nitrogens with one attached hydrogen (secondary N) is 1. The fourth-order valence-electron chi connectivity index (χ4n) is 2.80. The Kier molecular flexibility index (Phi) is 5.90. The van der Waals surface area contributed by atoms with Crippen LogP contribution in [-0.2, 0) is 11.2 Å². The molecule has 6 nitrogen and oxygen atoms in total. The van der Waals surface area contributed by atoms with Gasteiger partial charge in [-0.05, 0) is 36.8 Å². The molecular weight excluding hydrogens is 352 g/mol. The molecule has 1 aromatic carbocycles. The van der Waals surface area contributed by atoms with Crippen molar-refractivity contribution in [3.8, 4) is 5.75 Å². The molecule has 7 heteroatoms. The first-order chi connectivity index (χ1) is 12.6. The molecule has 26 heavy (non-hydrogen) atoms. The van der Waals surface area contributed by atoms with E-state index in [1.165, 1.54) is 4.88 Å². The minimum Gasteiger partial charge on any atom is -0.488 e. The number of carbonyl (C=O) groups is 2. The van der Waals surface area contributed by atoms with Gasteiger partial charge in [-0.15, -0.1) is 11.3 Å². The van der Waals surface area contributed by atoms with Gasteiger partial charge in [0.05, 0.1) is 24.8 Å². The van der Waals surface area contributed by atoms with E-state index in [0.29, 0.717) is 36.5 Å². The van der Waals surface area contributed by atoms with Crippen LogP contribution >= 0.6 is 11.3 Å². The van der Waals surface area contributed by atoms with Gasteiger partial charge in [-0.3, -0.25) is 9.59 Å². The van der Waals surface area contributed by atoms with Gasteiger partial charge in [-0.2, -0.15) is 0 Å². The van der Waals surface area contributed by atoms with Gasteiger partial charge in [0.15, 0.2) is 0 Å². The Balaban J connectivity index is 1.65. The third kappa shape index (κ3) is 4.42. The minimum atomic E-state index is -0.477. The summed E-state index contributed by atoms with van der Waals surface area (Å²) in [4.78, 5) is 24.8. The second-order valence-corrected chi connectivity index (χ2v) is 7.14. The Morgan fingerprint density at radius 1 is 1.31 bits per heavy atom. The predicted molar refractivity (Wildman–Crippen MR) is 99.8 cm³/mol. The first kappa shape index (κ1) is 18.4. The molecule has 3 N–H and O–H groups in total. The molecule has 1 aliphatic heterocycles. The lowest BCUT2D eigenvalue weighted by molar-refractivity contribution is -0.00287. The van der Waals surface area contributed by atoms with Gasteiger partial charge in [0.1, 0.15) is 11.9 Å². The summed E-state index contributed by atoms with van der Waals surface area (Å²) in [5.74, 6) is 0.0362. The molecule has 0 saturated carbocycles. The van der Waals surface area contributed by atoms with E-state index in [9.17, 15) is 9.59 Å². The molecule has 0 aliphatic carbocycles. The number of primary amides is 1. The summed E-state index contributed by atoms with van der Waals surface area (Å²) in [5, 5.41) is 4.89. The summed E-state index contributed by atoms with van der Waals surface area (Å²) in [6.45, 7) is 3.05. The highest BCUT2D eigenvalue weighted by molar-refractivity contribution is 7.10. The number of amides is 2. The van der Waals surface area contributed by atoms with Crippen molar-refractivity contribution in [2.75, 3.05) is 13.2 Å². The fraction of sp³-hybridized carbons (Fsp3) is 0.368. The SMILES string of the molecule is CCc1cc(C(=O)N[C@@H]2COCC[C@H]2Oc2ccc(C(N)=O)cc2)cs1. The maximum absolute atomic E-state index is 12.5. The standard InChI is InChI=1S/C19H22N2O4S/c1-2-15-9-13(11-26-15)19(23)21-16-10-24-8-7-17(16)25-14-5-3-12(4-6-14)18(20)22/h3-6,9,11,16-17H,2,7-8,10H2,1H3,(H2,20,22)(H,21,23)/t16-,17-/m1/s1. The van der Waals surface area contributed by atoms with Gasteiger partial charge in [-0.1, -0.05) is 6.92 Å². The van der Waals surface area contributed by atoms with Crippen molar-refractivity contribution >= 4 is 23.2 Å². The fourth-order valence-corrected chi connectivity index (χ4v) is 3.62. The molecule has 2 atom stereocenters. The summed E-state index contributed by atoms with van der Waals surface area (Å²) in [5.41, 5.74) is 6.35. The van der Waals surface area contributed by atoms with Crippen molar-refractivity contribution in [2.24, 2.45) is 5.73 Å². The molecule has 1 fully saturated rings. The highest BCUT2D eigenvalue weighted by Gasteiger charge is 2.29. The van der Waals surface area contributed by atoms with Gasteiger partial charge >= 0.3 is 0 Å². The Morgan fingerprint density at radius 2 is 2.08 bits per heavy atom. The van der Waals surface area contributed by atoms with E-state index in [0.717, 1.165) is 6.42 Å². The van der Waals surface area contributed by atoms with E-state index in [2.05, 4.69) is 12.2 Å². The van der Waals surface area contributed by atoms with E-state index in [1.807, 2.05) is 11.4 Å². The monoisotopic (exact) mass is 374 g/mol. The Hall–Kier alpha value is -2.38. The van der Waals surface area contributed by atoms with Gasteiger partial charge in [-0.25, -0.2) is 0 Å². The van der Waals surface area contributed by atoms with Gasteiger partial charge in [0, 0.05) is 22.2 Å². The molecule has 2 heterocycles. The first-order valence-corrected chi connectivity index (χ1v) is 9.47. The maximum atomic E-state index is 12.5. The quantitative estimate of drug-likeness (QED) is 0.812. The number of rotatable bonds is 6. The highest BCUT2D eigenvalue weighted by Crippen LogP contribution is 2.20. The second-order valence-electron chi connectivity index (χ2n) is 6.14. The van der Waals surface area contributed by atoms with E-state index in [1.54, 1.807) is 35.6 Å². The number of carbonyl (C=O) groups excluding carboxylic acids is 2. The zero-order valence-corrected chi connectivity index (χ0v) is 15.4. The maximum Gasteiger partial charge on any atom is 0.252 e. The van der Waals surface area contributed by atoms with Crippen LogP contribution in [0.2, 0.25) is 0 Å². The van der Waals surface area contributed by atoms with E-state index in [-0.39, 0.29) is 18.1 Å². The van der Waals surface area contributed by atoms with Crippen molar-refractivity contribution < 1.29 is 19.1 Å². The van der Waals surface area contributed by atoms with Crippen LogP contribution in [-0.4, -0.2) is 37.2 Å². The minimum absolute atomic E-state index is 0.117. The van der Waals surface area contributed by atoms with Crippen LogP contribution in [0, 0.1) is 0 Å². The van der Waals surface area contributed by atoms with Crippen LogP contribution < -0.4 is 15.8 Å². The van der Waals surface area contributed by atoms with Gasteiger partial charge in [0.2, 0.25) is 5.91 Å². The smallest absolute Gasteiger partial charge is 0.252 e. The largest absolute Gasteiger partial charge is 0.488 e. The van der Waals surface area contributed by atoms with E-state index < -0.39 is 5.91 Å². The van der Waals surface area contributed by atoms with Crippen LogP contribution in [0.15, 0.2) is 35.7 Å². The normalized spacial score (nSPS) is 19.7. The Morgan fingerprint density at radius 3 is 2.73 bits per heavy atom. The molecule has 2 aromatic rings. The lowest BCUT2D eigenvalue weighted by atomic mass is 10.1. The van der Waals surface area contributed by atoms with Crippen molar-refractivity contribution in [3.05, 3.63) is 51.7 Å². The molecule has 0 radical (unpaired) electrons. The molecule has 1 saturated heterocycles. The molecule has 0 bridgehead atoms. The predicted octanol–water partition coefficient (Wildman–Crippen LogP) is 2.38. The number of nitrogens with two attached hydrogens (primary N) is 1. The third-order valence-electron chi connectivity index (χ3n) is 4.30. The van der Waals surface area contributed by atoms with Crippen LogP contribution in [0.5, 0.6) is 5.75 Å². The number of thiophene rings is 1. The van der Waals surface area contributed by atoms with Crippen LogP contribution in [0.3, 0.4) is 0 Å². The number of ether oxygens (including phenoxy) is 2. The number of hydrogen-bond acceptors (Lipinski definition) is 5. The highest BCUT2D eigenvalue weighted by atomic mass is 32.1. The summed E-state index contributed by atoms with van der Waals surface area (Å²) < 4.78 is 11.5. The Labute approximate surface area is 156 Å². The third-order valence-corrected chi connectivity index (χ3v) is 5.38. The van der Waals surface area contributed by atoms with Crippen molar-refractivity contribution in [1.29, 1.82) is 0 Å².